The molecule has 4 aromatic heterocycles. The second kappa shape index (κ2) is 11.7. The van der Waals surface area contributed by atoms with Crippen molar-refractivity contribution in [3.8, 4) is 11.4 Å². The molecule has 46 heavy (non-hydrogen) atoms. The third kappa shape index (κ3) is 5.31. The zero-order valence-electron chi connectivity index (χ0n) is 26.1. The number of alkyl halides is 1. The number of nitrogens with zero attached hydrogens (tertiary/aromatic N) is 5. The first-order valence-corrected chi connectivity index (χ1v) is 17.3. The van der Waals surface area contributed by atoms with Crippen LogP contribution in [0.1, 0.15) is 69.2 Å². The van der Waals surface area contributed by atoms with Crippen LogP contribution >= 0.6 is 11.3 Å². The SMILES string of the molecule is Cc1c(-c2cc3cccc(C4CCN(C(=O)c5cccs5)CC4)c3n2CC2CC2)nn2cc(C(=O)N3C[C@H](N)C[C@@H](F)C3)ccc12. The number of rotatable bonds is 6. The fraction of sp³-hybridized carbons (Fsp3) is 0.417. The van der Waals surface area contributed by atoms with Crippen molar-refractivity contribution in [3.63, 3.8) is 0 Å². The highest BCUT2D eigenvalue weighted by atomic mass is 32.1. The maximum Gasteiger partial charge on any atom is 0.263 e. The number of para-hydroxylation sites is 1. The first kappa shape index (κ1) is 29.4. The van der Waals surface area contributed by atoms with Gasteiger partial charge in [-0.25, -0.2) is 8.91 Å². The molecule has 2 amide bonds. The molecular formula is C36H39FN6O2S. The number of nitrogens with two attached hydrogens (primary N) is 1. The minimum absolute atomic E-state index is 0.0710. The second-order valence-electron chi connectivity index (χ2n) is 13.4. The molecule has 10 heteroatoms. The van der Waals surface area contributed by atoms with Crippen LogP contribution in [0.15, 0.2) is 60.1 Å². The number of aromatic nitrogens is 3. The number of carbonyl (C=O) groups is 2. The van der Waals surface area contributed by atoms with Crippen molar-refractivity contribution in [3.05, 3.63) is 81.7 Å². The first-order chi connectivity index (χ1) is 22.3. The van der Waals surface area contributed by atoms with E-state index in [1.165, 1.54) is 45.5 Å². The zero-order chi connectivity index (χ0) is 31.5. The summed E-state index contributed by atoms with van der Waals surface area (Å²) in [5, 5.41) is 8.23. The zero-order valence-corrected chi connectivity index (χ0v) is 26.9. The standard InChI is InChI=1S/C36H39FN6O2S/c1-22-30-10-9-26(35(44)41-20-27(37)17-28(38)21-41)19-43(30)39-33(22)31-16-25-4-2-5-29(34(25)42(31)18-23-7-8-23)24-11-13-40(14-12-24)36(45)32-6-3-15-46-32/h2-6,9-10,15-16,19,23-24,27-28H,7-8,11-14,17-18,20-21,38H2,1H3/t27-,28-/m1/s1. The summed E-state index contributed by atoms with van der Waals surface area (Å²) in [7, 11) is 0. The minimum Gasteiger partial charge on any atom is -0.339 e. The van der Waals surface area contributed by atoms with Gasteiger partial charge in [0.2, 0.25) is 0 Å². The molecule has 238 valence electrons. The van der Waals surface area contributed by atoms with Gasteiger partial charge in [-0.1, -0.05) is 24.3 Å². The Bertz CT molecular complexity index is 1920. The summed E-state index contributed by atoms with van der Waals surface area (Å²) in [5.74, 6) is 0.957. The number of benzene rings is 1. The molecule has 2 saturated heterocycles. The first-order valence-electron chi connectivity index (χ1n) is 16.5. The maximum absolute atomic E-state index is 14.2. The number of halogens is 1. The topological polar surface area (TPSA) is 88.9 Å². The van der Waals surface area contributed by atoms with E-state index in [4.69, 9.17) is 10.8 Å². The van der Waals surface area contributed by atoms with Gasteiger partial charge in [-0.15, -0.1) is 11.3 Å². The van der Waals surface area contributed by atoms with Crippen LogP contribution in [0.5, 0.6) is 0 Å². The van der Waals surface area contributed by atoms with E-state index < -0.39 is 6.17 Å². The number of pyridine rings is 1. The van der Waals surface area contributed by atoms with Crippen LogP contribution in [0, 0.1) is 12.8 Å². The lowest BCUT2D eigenvalue weighted by molar-refractivity contribution is 0.0606. The van der Waals surface area contributed by atoms with Gasteiger partial charge in [0.15, 0.2) is 0 Å². The summed E-state index contributed by atoms with van der Waals surface area (Å²) in [6.07, 6.45) is 5.31. The molecule has 6 heterocycles. The van der Waals surface area contributed by atoms with E-state index in [-0.39, 0.29) is 30.8 Å². The molecule has 0 radical (unpaired) electrons. The third-order valence-corrected chi connectivity index (χ3v) is 11.0. The Balaban J connectivity index is 1.13. The quantitative estimate of drug-likeness (QED) is 0.238. The van der Waals surface area contributed by atoms with Crippen molar-refractivity contribution in [2.45, 2.75) is 63.7 Å². The Hall–Kier alpha value is -4.02. The molecule has 1 aromatic carbocycles. The highest BCUT2D eigenvalue weighted by Gasteiger charge is 2.31. The van der Waals surface area contributed by atoms with Crippen LogP contribution in [0.25, 0.3) is 27.8 Å². The van der Waals surface area contributed by atoms with Gasteiger partial charge >= 0.3 is 0 Å². The van der Waals surface area contributed by atoms with Gasteiger partial charge in [0.1, 0.15) is 11.9 Å². The van der Waals surface area contributed by atoms with Gasteiger partial charge in [0.05, 0.1) is 33.7 Å². The Morgan fingerprint density at radius 1 is 1.00 bits per heavy atom. The lowest BCUT2D eigenvalue weighted by Gasteiger charge is -2.32. The summed E-state index contributed by atoms with van der Waals surface area (Å²) in [5.41, 5.74) is 13.1. The summed E-state index contributed by atoms with van der Waals surface area (Å²) >= 11 is 1.51. The molecular weight excluding hydrogens is 600 g/mol. The summed E-state index contributed by atoms with van der Waals surface area (Å²) in [6.45, 7) is 4.99. The predicted molar refractivity (Wildman–Crippen MR) is 179 cm³/mol. The molecule has 2 N–H and O–H groups in total. The van der Waals surface area contributed by atoms with E-state index in [1.54, 1.807) is 10.7 Å². The van der Waals surface area contributed by atoms with Crippen LogP contribution in [0.2, 0.25) is 0 Å². The van der Waals surface area contributed by atoms with E-state index >= 15 is 0 Å². The van der Waals surface area contributed by atoms with E-state index in [9.17, 15) is 14.0 Å². The van der Waals surface area contributed by atoms with Crippen molar-refractivity contribution in [1.29, 1.82) is 0 Å². The van der Waals surface area contributed by atoms with Crippen molar-refractivity contribution < 1.29 is 14.0 Å². The van der Waals surface area contributed by atoms with Crippen LogP contribution in [0.4, 0.5) is 4.39 Å². The number of amides is 2. The number of piperidine rings is 2. The normalized spacial score (nSPS) is 21.0. The largest absolute Gasteiger partial charge is 0.339 e. The number of fused-ring (bicyclic) bond motifs is 2. The van der Waals surface area contributed by atoms with Crippen molar-refractivity contribution >= 4 is 39.6 Å². The Morgan fingerprint density at radius 2 is 1.83 bits per heavy atom. The monoisotopic (exact) mass is 638 g/mol. The fourth-order valence-corrected chi connectivity index (χ4v) is 8.23. The molecule has 0 spiro atoms. The lowest BCUT2D eigenvalue weighted by atomic mass is 9.88. The third-order valence-electron chi connectivity index (χ3n) is 10.1. The molecule has 1 saturated carbocycles. The van der Waals surface area contributed by atoms with Gasteiger partial charge in [-0.05, 0) is 86.1 Å². The maximum atomic E-state index is 14.2. The number of aryl methyl sites for hydroxylation is 1. The second-order valence-corrected chi connectivity index (χ2v) is 14.4. The van der Waals surface area contributed by atoms with Crippen molar-refractivity contribution in [2.75, 3.05) is 26.2 Å². The number of hydrogen-bond acceptors (Lipinski definition) is 5. The Labute approximate surface area is 271 Å². The molecule has 1 aliphatic carbocycles. The highest BCUT2D eigenvalue weighted by molar-refractivity contribution is 7.12. The number of thiophene rings is 1. The van der Waals surface area contributed by atoms with Crippen LogP contribution < -0.4 is 5.73 Å². The Morgan fingerprint density at radius 3 is 2.57 bits per heavy atom. The molecule has 8 rings (SSSR count). The molecule has 0 unspecified atom stereocenters. The van der Waals surface area contributed by atoms with Crippen molar-refractivity contribution in [2.24, 2.45) is 11.7 Å². The molecule has 2 atom stereocenters. The van der Waals surface area contributed by atoms with Gasteiger partial charge in [0.25, 0.3) is 11.8 Å². The summed E-state index contributed by atoms with van der Waals surface area (Å²) in [4.78, 5) is 30.7. The predicted octanol–water partition coefficient (Wildman–Crippen LogP) is 6.27. The summed E-state index contributed by atoms with van der Waals surface area (Å²) in [6, 6.07) is 16.2. The average Bonchev–Trinajstić information content (AvgIpc) is 3.41. The molecule has 0 bridgehead atoms. The number of carbonyl (C=O) groups excluding carboxylic acids is 2. The van der Waals surface area contributed by atoms with E-state index in [0.29, 0.717) is 23.9 Å². The molecule has 8 nitrogen and oxygen atoms in total. The number of hydrogen-bond donors (Lipinski definition) is 1. The number of likely N-dealkylation sites (tertiary alicyclic amines) is 2. The van der Waals surface area contributed by atoms with Crippen LogP contribution in [0.3, 0.4) is 0 Å². The fourth-order valence-electron chi connectivity index (χ4n) is 7.54. The molecule has 3 aliphatic rings. The summed E-state index contributed by atoms with van der Waals surface area (Å²) < 4.78 is 18.5. The van der Waals surface area contributed by atoms with Gasteiger partial charge in [-0.2, -0.15) is 5.10 Å². The van der Waals surface area contributed by atoms with Gasteiger partial charge < -0.3 is 20.1 Å². The van der Waals surface area contributed by atoms with Gasteiger partial charge in [-0.3, -0.25) is 9.59 Å². The molecule has 5 aromatic rings. The lowest BCUT2D eigenvalue weighted by Crippen LogP contribution is -2.50. The van der Waals surface area contributed by atoms with E-state index in [0.717, 1.165) is 59.8 Å². The smallest absolute Gasteiger partial charge is 0.263 e. The van der Waals surface area contributed by atoms with Gasteiger partial charge in [0, 0.05) is 49.4 Å². The Kier molecular flexibility index (Phi) is 7.44. The highest BCUT2D eigenvalue weighted by Crippen LogP contribution is 2.41. The molecule has 3 fully saturated rings. The minimum atomic E-state index is -1.10. The van der Waals surface area contributed by atoms with Crippen LogP contribution in [-0.4, -0.2) is 74.2 Å². The van der Waals surface area contributed by atoms with Crippen LogP contribution in [-0.2, 0) is 6.54 Å². The van der Waals surface area contributed by atoms with E-state index in [1.807, 2.05) is 34.5 Å². The van der Waals surface area contributed by atoms with Crippen molar-refractivity contribution in [1.82, 2.24) is 24.0 Å². The van der Waals surface area contributed by atoms with E-state index in [2.05, 4.69) is 35.8 Å². The average molecular weight is 639 g/mol. The molecule has 2 aliphatic heterocycles.